The predicted octanol–water partition coefficient (Wildman–Crippen LogP) is 2.99. The van der Waals surface area contributed by atoms with E-state index in [1.807, 2.05) is 30.3 Å². The lowest BCUT2D eigenvalue weighted by Gasteiger charge is -2.56. The van der Waals surface area contributed by atoms with Gasteiger partial charge >= 0.3 is 0 Å². The lowest BCUT2D eigenvalue weighted by Crippen LogP contribution is -2.62. The number of anilines is 1. The Kier molecular flexibility index (Phi) is 3.33. The van der Waals surface area contributed by atoms with Crippen LogP contribution in [0.4, 0.5) is 5.69 Å². The zero-order valence-corrected chi connectivity index (χ0v) is 12.6. The molecule has 1 aliphatic carbocycles. The van der Waals surface area contributed by atoms with E-state index in [9.17, 15) is 4.79 Å². The quantitative estimate of drug-likeness (QED) is 0.897. The smallest absolute Gasteiger partial charge is 0.228 e. The summed E-state index contributed by atoms with van der Waals surface area (Å²) in [7, 11) is 0. The largest absolute Gasteiger partial charge is 0.326 e. The number of nitrogens with zero attached hydrogens (tertiary/aromatic N) is 1. The van der Waals surface area contributed by atoms with E-state index in [0.29, 0.717) is 11.8 Å². The minimum atomic E-state index is 0.214. The van der Waals surface area contributed by atoms with Gasteiger partial charge in [-0.25, -0.2) is 0 Å². The zero-order chi connectivity index (χ0) is 14.3. The van der Waals surface area contributed by atoms with Crippen LogP contribution in [-0.2, 0) is 4.79 Å². The van der Waals surface area contributed by atoms with Crippen molar-refractivity contribution >= 4 is 11.6 Å². The van der Waals surface area contributed by atoms with Crippen molar-refractivity contribution in [1.29, 1.82) is 0 Å². The first-order chi connectivity index (χ1) is 9.45. The number of carbonyl (C=O) groups excluding carboxylic acids is 1. The average Bonchev–Trinajstić information content (AvgIpc) is 2.38. The van der Waals surface area contributed by atoms with Crippen molar-refractivity contribution < 1.29 is 4.79 Å². The molecule has 1 saturated carbocycles. The van der Waals surface area contributed by atoms with Crippen molar-refractivity contribution in [2.45, 2.75) is 32.7 Å². The van der Waals surface area contributed by atoms with E-state index >= 15 is 0 Å². The lowest BCUT2D eigenvalue weighted by atomic mass is 9.60. The van der Waals surface area contributed by atoms with Gasteiger partial charge in [0.2, 0.25) is 5.91 Å². The fraction of sp³-hybridized carbons (Fsp3) is 0.588. The second-order valence-electron chi connectivity index (χ2n) is 7.21. The number of rotatable bonds is 2. The predicted molar refractivity (Wildman–Crippen MR) is 81.5 cm³/mol. The second-order valence-corrected chi connectivity index (χ2v) is 7.21. The first-order valence-corrected chi connectivity index (χ1v) is 7.56. The molecule has 3 aliphatic rings. The standard InChI is InChI=1S/C17H24N2O/c1-17(2,3)19-10-12-9-13(11-19)15(12)16(20)18-14-7-5-4-6-8-14/h4-8,12-13,15H,9-11H2,1-3H3,(H,18,20). The van der Waals surface area contributed by atoms with Crippen LogP contribution in [0.2, 0.25) is 0 Å². The third-order valence-electron chi connectivity index (χ3n) is 4.82. The highest BCUT2D eigenvalue weighted by molar-refractivity contribution is 5.93. The Hall–Kier alpha value is -1.35. The Morgan fingerprint density at radius 2 is 1.75 bits per heavy atom. The maximum Gasteiger partial charge on any atom is 0.228 e. The number of fused-ring (bicyclic) bond motifs is 2. The highest BCUT2D eigenvalue weighted by Crippen LogP contribution is 2.47. The van der Waals surface area contributed by atoms with Gasteiger partial charge in [-0.3, -0.25) is 9.69 Å². The highest BCUT2D eigenvalue weighted by Gasteiger charge is 2.51. The summed E-state index contributed by atoms with van der Waals surface area (Å²) in [5.74, 6) is 1.51. The SMILES string of the molecule is CC(C)(C)N1CC2CC(C1)C2C(=O)Nc1ccccc1. The van der Waals surface area contributed by atoms with Crippen LogP contribution in [0.3, 0.4) is 0 Å². The van der Waals surface area contributed by atoms with Crippen molar-refractivity contribution in [3.63, 3.8) is 0 Å². The summed E-state index contributed by atoms with van der Waals surface area (Å²) in [6.07, 6.45) is 1.22. The van der Waals surface area contributed by atoms with E-state index in [4.69, 9.17) is 0 Å². The molecule has 2 unspecified atom stereocenters. The van der Waals surface area contributed by atoms with E-state index in [1.54, 1.807) is 0 Å². The maximum atomic E-state index is 12.4. The van der Waals surface area contributed by atoms with Gasteiger partial charge in [0.05, 0.1) is 0 Å². The minimum absolute atomic E-state index is 0.214. The highest BCUT2D eigenvalue weighted by atomic mass is 16.2. The lowest BCUT2D eigenvalue weighted by molar-refractivity contribution is -0.140. The third-order valence-corrected chi connectivity index (χ3v) is 4.82. The summed E-state index contributed by atoms with van der Waals surface area (Å²) in [6, 6.07) is 9.79. The molecule has 0 radical (unpaired) electrons. The van der Waals surface area contributed by atoms with Crippen molar-refractivity contribution in [3.05, 3.63) is 30.3 Å². The topological polar surface area (TPSA) is 32.3 Å². The van der Waals surface area contributed by atoms with Gasteiger partial charge in [0, 0.05) is 30.2 Å². The first-order valence-electron chi connectivity index (χ1n) is 7.56. The molecule has 0 aromatic heterocycles. The fourth-order valence-corrected chi connectivity index (χ4v) is 3.61. The Balaban J connectivity index is 1.62. The molecule has 2 saturated heterocycles. The van der Waals surface area contributed by atoms with Crippen molar-refractivity contribution in [2.75, 3.05) is 18.4 Å². The van der Waals surface area contributed by atoms with Crippen LogP contribution in [0, 0.1) is 17.8 Å². The molecule has 1 aromatic rings. The molecular formula is C17H24N2O. The molecule has 2 atom stereocenters. The summed E-state index contributed by atoms with van der Waals surface area (Å²) in [4.78, 5) is 15.0. The second kappa shape index (κ2) is 4.88. The van der Waals surface area contributed by atoms with Crippen LogP contribution in [-0.4, -0.2) is 29.4 Å². The molecule has 1 amide bonds. The Morgan fingerprint density at radius 3 is 2.30 bits per heavy atom. The number of benzene rings is 1. The van der Waals surface area contributed by atoms with E-state index in [2.05, 4.69) is 31.0 Å². The van der Waals surface area contributed by atoms with Crippen LogP contribution in [0.5, 0.6) is 0 Å². The van der Waals surface area contributed by atoms with E-state index in [1.165, 1.54) is 6.42 Å². The molecule has 3 heteroatoms. The fourth-order valence-electron chi connectivity index (χ4n) is 3.61. The van der Waals surface area contributed by atoms with Gasteiger partial charge in [-0.05, 0) is 51.2 Å². The Morgan fingerprint density at radius 1 is 1.15 bits per heavy atom. The van der Waals surface area contributed by atoms with Gasteiger partial charge in [0.15, 0.2) is 0 Å². The van der Waals surface area contributed by atoms with Crippen molar-refractivity contribution in [3.8, 4) is 0 Å². The van der Waals surface area contributed by atoms with Crippen LogP contribution in [0.1, 0.15) is 27.2 Å². The number of nitrogens with one attached hydrogen (secondary N) is 1. The number of para-hydroxylation sites is 1. The van der Waals surface area contributed by atoms with Gasteiger partial charge in [-0.15, -0.1) is 0 Å². The normalized spacial score (nSPS) is 29.6. The summed E-state index contributed by atoms with van der Waals surface area (Å²) >= 11 is 0. The van der Waals surface area contributed by atoms with Crippen LogP contribution in [0.25, 0.3) is 0 Å². The van der Waals surface area contributed by atoms with Crippen molar-refractivity contribution in [2.24, 2.45) is 17.8 Å². The Labute approximate surface area is 121 Å². The van der Waals surface area contributed by atoms with Crippen LogP contribution in [0.15, 0.2) is 30.3 Å². The molecule has 20 heavy (non-hydrogen) atoms. The molecule has 4 rings (SSSR count). The van der Waals surface area contributed by atoms with Gasteiger partial charge < -0.3 is 5.32 Å². The summed E-state index contributed by atoms with van der Waals surface area (Å²) in [6.45, 7) is 8.91. The average molecular weight is 272 g/mol. The minimum Gasteiger partial charge on any atom is -0.326 e. The van der Waals surface area contributed by atoms with Gasteiger partial charge in [-0.1, -0.05) is 18.2 Å². The number of carbonyl (C=O) groups is 1. The molecular weight excluding hydrogens is 248 g/mol. The van der Waals surface area contributed by atoms with E-state index in [-0.39, 0.29) is 17.4 Å². The summed E-state index contributed by atoms with van der Waals surface area (Å²) in [5.41, 5.74) is 1.13. The number of piperidine rings is 2. The van der Waals surface area contributed by atoms with E-state index < -0.39 is 0 Å². The molecule has 108 valence electrons. The summed E-state index contributed by atoms with van der Waals surface area (Å²) < 4.78 is 0. The van der Waals surface area contributed by atoms with Crippen LogP contribution >= 0.6 is 0 Å². The maximum absolute atomic E-state index is 12.4. The molecule has 1 aromatic carbocycles. The third kappa shape index (κ3) is 2.47. The van der Waals surface area contributed by atoms with Gasteiger partial charge in [0.1, 0.15) is 0 Å². The molecule has 2 heterocycles. The number of hydrogen-bond donors (Lipinski definition) is 1. The Bertz CT molecular complexity index is 479. The monoisotopic (exact) mass is 272 g/mol. The molecule has 2 bridgehead atoms. The molecule has 1 N–H and O–H groups in total. The number of amides is 1. The van der Waals surface area contributed by atoms with E-state index in [0.717, 1.165) is 18.8 Å². The zero-order valence-electron chi connectivity index (χ0n) is 12.6. The van der Waals surface area contributed by atoms with Gasteiger partial charge in [0.25, 0.3) is 0 Å². The first kappa shape index (κ1) is 13.6. The molecule has 0 spiro atoms. The molecule has 2 aliphatic heterocycles. The van der Waals surface area contributed by atoms with Crippen molar-refractivity contribution in [1.82, 2.24) is 4.90 Å². The number of hydrogen-bond acceptors (Lipinski definition) is 2. The van der Waals surface area contributed by atoms with Crippen LogP contribution < -0.4 is 5.32 Å². The molecule has 3 nitrogen and oxygen atoms in total. The van der Waals surface area contributed by atoms with Gasteiger partial charge in [-0.2, -0.15) is 0 Å². The molecule has 3 fully saturated rings. The summed E-state index contributed by atoms with van der Waals surface area (Å²) in [5, 5.41) is 3.07.